The third kappa shape index (κ3) is 6.45. The van der Waals surface area contributed by atoms with Gasteiger partial charge in [-0.25, -0.2) is 8.78 Å². The minimum Gasteiger partial charge on any atom is -0.494 e. The number of ether oxygens (including phenoxy) is 1. The van der Waals surface area contributed by atoms with Crippen LogP contribution in [-0.4, -0.2) is 49.3 Å². The quantitative estimate of drug-likeness (QED) is 0.704. The van der Waals surface area contributed by atoms with Crippen molar-refractivity contribution in [3.63, 3.8) is 0 Å². The van der Waals surface area contributed by atoms with Gasteiger partial charge in [-0.15, -0.1) is 0 Å². The fourth-order valence-electron chi connectivity index (χ4n) is 1.73. The van der Waals surface area contributed by atoms with Gasteiger partial charge in [-0.2, -0.15) is 5.26 Å². The van der Waals surface area contributed by atoms with Crippen LogP contribution < -0.4 is 4.74 Å². The summed E-state index contributed by atoms with van der Waals surface area (Å²) in [5.41, 5.74) is 0.559. The molecule has 1 aromatic rings. The van der Waals surface area contributed by atoms with E-state index < -0.39 is 6.43 Å². The molecule has 0 aliphatic rings. The Morgan fingerprint density at radius 1 is 1.25 bits per heavy atom. The summed E-state index contributed by atoms with van der Waals surface area (Å²) >= 11 is 0. The molecule has 1 aromatic carbocycles. The number of nitrogens with zero attached hydrogens (tertiary/aromatic N) is 2. The van der Waals surface area contributed by atoms with Crippen molar-refractivity contribution in [2.45, 2.75) is 12.8 Å². The summed E-state index contributed by atoms with van der Waals surface area (Å²) in [5, 5.41) is 17.4. The molecule has 0 radical (unpaired) electrons. The van der Waals surface area contributed by atoms with Crippen LogP contribution in [0.5, 0.6) is 5.75 Å². The number of halogens is 2. The van der Waals surface area contributed by atoms with Crippen molar-refractivity contribution in [1.82, 2.24) is 4.90 Å². The Morgan fingerprint density at radius 2 is 1.95 bits per heavy atom. The highest BCUT2D eigenvalue weighted by Crippen LogP contribution is 2.11. The number of alkyl halides is 2. The topological polar surface area (TPSA) is 56.5 Å². The van der Waals surface area contributed by atoms with Crippen LogP contribution in [0.15, 0.2) is 24.3 Å². The average molecular weight is 284 g/mol. The Hall–Kier alpha value is -1.71. The van der Waals surface area contributed by atoms with Gasteiger partial charge in [0.25, 0.3) is 6.43 Å². The molecule has 6 heteroatoms. The van der Waals surface area contributed by atoms with Crippen LogP contribution in [0.3, 0.4) is 0 Å². The number of nitriles is 1. The Morgan fingerprint density at radius 3 is 2.50 bits per heavy atom. The molecule has 0 unspecified atom stereocenters. The molecule has 0 bridgehead atoms. The lowest BCUT2D eigenvalue weighted by Crippen LogP contribution is -2.33. The van der Waals surface area contributed by atoms with Crippen molar-refractivity contribution in [3.8, 4) is 11.8 Å². The van der Waals surface area contributed by atoms with Gasteiger partial charge in [0.05, 0.1) is 31.4 Å². The number of benzene rings is 1. The molecule has 0 aliphatic heterocycles. The van der Waals surface area contributed by atoms with Crippen LogP contribution in [-0.2, 0) is 0 Å². The highest BCUT2D eigenvalue weighted by atomic mass is 19.3. The van der Waals surface area contributed by atoms with Gasteiger partial charge in [0.2, 0.25) is 0 Å². The largest absolute Gasteiger partial charge is 0.494 e. The van der Waals surface area contributed by atoms with Gasteiger partial charge in [0.15, 0.2) is 0 Å². The van der Waals surface area contributed by atoms with E-state index in [2.05, 4.69) is 0 Å². The van der Waals surface area contributed by atoms with E-state index in [0.29, 0.717) is 30.9 Å². The second kappa shape index (κ2) is 9.23. The molecule has 0 aromatic heterocycles. The fourth-order valence-corrected chi connectivity index (χ4v) is 1.73. The summed E-state index contributed by atoms with van der Waals surface area (Å²) in [6.07, 6.45) is -1.81. The maximum atomic E-state index is 12.3. The first-order chi connectivity index (χ1) is 9.65. The van der Waals surface area contributed by atoms with E-state index in [1.54, 1.807) is 24.3 Å². The van der Waals surface area contributed by atoms with Gasteiger partial charge in [-0.3, -0.25) is 4.90 Å². The molecule has 0 atom stereocenters. The summed E-state index contributed by atoms with van der Waals surface area (Å²) in [7, 11) is 0. The van der Waals surface area contributed by atoms with Crippen LogP contribution in [0, 0.1) is 11.3 Å². The van der Waals surface area contributed by atoms with E-state index in [4.69, 9.17) is 15.1 Å². The average Bonchev–Trinajstić information content (AvgIpc) is 2.44. The molecular weight excluding hydrogens is 266 g/mol. The first kappa shape index (κ1) is 16.3. The highest BCUT2D eigenvalue weighted by Gasteiger charge is 2.11. The molecule has 110 valence electrons. The first-order valence-electron chi connectivity index (χ1n) is 6.40. The number of hydrogen-bond donors (Lipinski definition) is 1. The lowest BCUT2D eigenvalue weighted by molar-refractivity contribution is 0.0754. The summed E-state index contributed by atoms with van der Waals surface area (Å²) in [6.45, 7) is 0.611. The van der Waals surface area contributed by atoms with Gasteiger partial charge in [0.1, 0.15) is 5.75 Å². The lowest BCUT2D eigenvalue weighted by atomic mass is 10.2. The minimum atomic E-state index is -2.40. The SMILES string of the molecule is N#Cc1ccc(OCCCN(CCO)CC(F)F)cc1. The minimum absolute atomic E-state index is 0.136. The van der Waals surface area contributed by atoms with E-state index >= 15 is 0 Å². The molecule has 0 aliphatic carbocycles. The third-order valence-electron chi connectivity index (χ3n) is 2.68. The van der Waals surface area contributed by atoms with Crippen molar-refractivity contribution < 1.29 is 18.6 Å². The predicted octanol–water partition coefficient (Wildman–Crippen LogP) is 1.89. The lowest BCUT2D eigenvalue weighted by Gasteiger charge is -2.20. The maximum Gasteiger partial charge on any atom is 0.251 e. The highest BCUT2D eigenvalue weighted by molar-refractivity contribution is 5.34. The molecule has 0 fully saturated rings. The van der Waals surface area contributed by atoms with Crippen molar-refractivity contribution in [3.05, 3.63) is 29.8 Å². The molecule has 1 rings (SSSR count). The zero-order chi connectivity index (χ0) is 14.8. The summed E-state index contributed by atoms with van der Waals surface area (Å²) in [6, 6.07) is 8.72. The molecule has 0 spiro atoms. The number of aliphatic hydroxyl groups is 1. The smallest absolute Gasteiger partial charge is 0.251 e. The second-order valence-corrected chi connectivity index (χ2v) is 4.25. The van der Waals surface area contributed by atoms with Gasteiger partial charge in [-0.05, 0) is 30.7 Å². The van der Waals surface area contributed by atoms with E-state index in [9.17, 15) is 8.78 Å². The molecule has 4 nitrogen and oxygen atoms in total. The van der Waals surface area contributed by atoms with Gasteiger partial charge in [-0.1, -0.05) is 0 Å². The fraction of sp³-hybridized carbons (Fsp3) is 0.500. The van der Waals surface area contributed by atoms with Gasteiger partial charge >= 0.3 is 0 Å². The summed E-state index contributed by atoms with van der Waals surface area (Å²) in [5.74, 6) is 0.645. The monoisotopic (exact) mass is 284 g/mol. The molecule has 0 saturated carbocycles. The Bertz CT molecular complexity index is 418. The standard InChI is InChI=1S/C14H18F2N2O2/c15-14(16)11-18(7-8-19)6-1-9-20-13-4-2-12(10-17)3-5-13/h2-5,14,19H,1,6-9,11H2. The van der Waals surface area contributed by atoms with Crippen molar-refractivity contribution in [1.29, 1.82) is 5.26 Å². The summed E-state index contributed by atoms with van der Waals surface area (Å²) < 4.78 is 30.0. The molecular formula is C14H18F2N2O2. The van der Waals surface area contributed by atoms with Crippen molar-refractivity contribution in [2.24, 2.45) is 0 Å². The van der Waals surface area contributed by atoms with Crippen LogP contribution in [0.2, 0.25) is 0 Å². The normalized spacial score (nSPS) is 10.8. The Kier molecular flexibility index (Phi) is 7.55. The van der Waals surface area contributed by atoms with E-state index in [0.717, 1.165) is 0 Å². The van der Waals surface area contributed by atoms with Crippen molar-refractivity contribution in [2.75, 3.05) is 32.8 Å². The Balaban J connectivity index is 2.26. The number of rotatable bonds is 9. The van der Waals surface area contributed by atoms with E-state index in [1.807, 2.05) is 6.07 Å². The number of hydrogen-bond acceptors (Lipinski definition) is 4. The molecule has 20 heavy (non-hydrogen) atoms. The third-order valence-corrected chi connectivity index (χ3v) is 2.68. The number of aliphatic hydroxyl groups excluding tert-OH is 1. The zero-order valence-electron chi connectivity index (χ0n) is 11.1. The van der Waals surface area contributed by atoms with E-state index in [-0.39, 0.29) is 19.7 Å². The van der Waals surface area contributed by atoms with Crippen LogP contribution in [0.1, 0.15) is 12.0 Å². The molecule has 1 N–H and O–H groups in total. The van der Waals surface area contributed by atoms with Crippen LogP contribution in [0.25, 0.3) is 0 Å². The van der Waals surface area contributed by atoms with Crippen LogP contribution >= 0.6 is 0 Å². The first-order valence-corrected chi connectivity index (χ1v) is 6.40. The molecule has 0 amide bonds. The van der Waals surface area contributed by atoms with Crippen LogP contribution in [0.4, 0.5) is 8.78 Å². The van der Waals surface area contributed by atoms with E-state index in [1.165, 1.54) is 4.90 Å². The maximum absolute atomic E-state index is 12.3. The second-order valence-electron chi connectivity index (χ2n) is 4.25. The summed E-state index contributed by atoms with van der Waals surface area (Å²) in [4.78, 5) is 1.51. The van der Waals surface area contributed by atoms with Gasteiger partial charge < -0.3 is 9.84 Å². The van der Waals surface area contributed by atoms with Crippen molar-refractivity contribution >= 4 is 0 Å². The Labute approximate surface area is 117 Å². The zero-order valence-corrected chi connectivity index (χ0v) is 11.1. The molecule has 0 heterocycles. The molecule has 0 saturated heterocycles. The van der Waals surface area contributed by atoms with Gasteiger partial charge in [0, 0.05) is 13.1 Å². The predicted molar refractivity (Wildman–Crippen MR) is 70.8 cm³/mol.